The van der Waals surface area contributed by atoms with Gasteiger partial charge < -0.3 is 9.84 Å². The Kier molecular flexibility index (Phi) is 5.70. The summed E-state index contributed by atoms with van der Waals surface area (Å²) in [5.41, 5.74) is 0.923. The summed E-state index contributed by atoms with van der Waals surface area (Å²) in [5.74, 6) is -0.732. The third kappa shape index (κ3) is 4.83. The number of hydrogen-bond acceptors (Lipinski definition) is 7. The maximum atomic E-state index is 11.4. The monoisotopic (exact) mass is 290 g/mol. The molecule has 0 fully saturated rings. The molecule has 0 atom stereocenters. The van der Waals surface area contributed by atoms with Crippen LogP contribution in [0, 0.1) is 18.4 Å². The Morgan fingerprint density at radius 2 is 2.29 bits per heavy atom. The Labute approximate surface area is 121 Å². The highest BCUT2D eigenvalue weighted by Gasteiger charge is 2.08. The molecule has 0 radical (unpaired) electrons. The van der Waals surface area contributed by atoms with Gasteiger partial charge in [-0.15, -0.1) is 0 Å². The maximum absolute atomic E-state index is 11.4. The topological polar surface area (TPSA) is 115 Å². The molecule has 2 amide bonds. The molecule has 8 heteroatoms. The van der Waals surface area contributed by atoms with Crippen molar-refractivity contribution in [3.05, 3.63) is 23.8 Å². The number of phenolic OH excluding ortho intramolecular Hbond substituents is 1. The van der Waals surface area contributed by atoms with Gasteiger partial charge in [-0.05, 0) is 37.6 Å². The fraction of sp³-hybridized carbons (Fsp3) is 0.231. The lowest BCUT2D eigenvalue weighted by Gasteiger charge is -2.10. The van der Waals surface area contributed by atoms with Gasteiger partial charge in [0.2, 0.25) is 6.19 Å². The normalized spacial score (nSPS) is 9.95. The number of rotatable bonds is 4. The molecule has 0 heterocycles. The fourth-order valence-corrected chi connectivity index (χ4v) is 1.33. The molecule has 0 aliphatic heterocycles. The minimum atomic E-state index is -0.891. The van der Waals surface area contributed by atoms with Gasteiger partial charge in [-0.25, -0.2) is 4.79 Å². The molecule has 110 valence electrons. The van der Waals surface area contributed by atoms with E-state index in [9.17, 15) is 14.7 Å². The van der Waals surface area contributed by atoms with Gasteiger partial charge in [0.15, 0.2) is 0 Å². The van der Waals surface area contributed by atoms with E-state index < -0.39 is 12.0 Å². The molecule has 2 N–H and O–H groups in total. The van der Waals surface area contributed by atoms with Gasteiger partial charge in [-0.2, -0.15) is 15.4 Å². The van der Waals surface area contributed by atoms with Gasteiger partial charge in [-0.1, -0.05) is 0 Å². The van der Waals surface area contributed by atoms with Crippen molar-refractivity contribution in [3.63, 3.8) is 0 Å². The Morgan fingerprint density at radius 1 is 1.57 bits per heavy atom. The first-order chi connectivity index (χ1) is 9.97. The summed E-state index contributed by atoms with van der Waals surface area (Å²) < 4.78 is 4.52. The molecule has 21 heavy (non-hydrogen) atoms. The number of phenols is 1. The van der Waals surface area contributed by atoms with E-state index in [0.717, 1.165) is 11.2 Å². The Balaban J connectivity index is 2.76. The van der Waals surface area contributed by atoms with E-state index in [2.05, 4.69) is 9.84 Å². The molecule has 1 aromatic rings. The first kappa shape index (κ1) is 16.0. The standard InChI is InChI=1S/C13H14N4O4/c1-3-21-13(20)16-12(19)7-15-17(8-14)10-4-5-11(18)9(2)6-10/h4-7,18H,3H2,1-2H3,(H,16,19,20). The molecule has 1 aromatic carbocycles. The highest BCUT2D eigenvalue weighted by Crippen LogP contribution is 2.22. The van der Waals surface area contributed by atoms with Crippen molar-refractivity contribution in [3.8, 4) is 11.9 Å². The number of aryl methyl sites for hydroxylation is 1. The lowest BCUT2D eigenvalue weighted by atomic mass is 10.2. The third-order valence-corrected chi connectivity index (χ3v) is 2.31. The van der Waals surface area contributed by atoms with E-state index >= 15 is 0 Å². The summed E-state index contributed by atoms with van der Waals surface area (Å²) in [6, 6.07) is 4.40. The van der Waals surface area contributed by atoms with Crippen LogP contribution in [0.5, 0.6) is 5.75 Å². The molecule has 0 saturated heterocycles. The van der Waals surface area contributed by atoms with Crippen molar-refractivity contribution >= 4 is 23.9 Å². The van der Waals surface area contributed by atoms with Crippen molar-refractivity contribution in [2.75, 3.05) is 11.6 Å². The number of nitrogens with zero attached hydrogens (tertiary/aromatic N) is 3. The van der Waals surface area contributed by atoms with E-state index in [1.165, 1.54) is 18.2 Å². The second-order valence-electron chi connectivity index (χ2n) is 3.84. The Morgan fingerprint density at radius 3 is 2.86 bits per heavy atom. The molecule has 1 rings (SSSR count). The highest BCUT2D eigenvalue weighted by atomic mass is 16.5. The summed E-state index contributed by atoms with van der Waals surface area (Å²) in [6.07, 6.45) is 1.65. The zero-order valence-corrected chi connectivity index (χ0v) is 11.5. The number of alkyl carbamates (subject to hydrolysis) is 1. The zero-order valence-electron chi connectivity index (χ0n) is 11.5. The fourth-order valence-electron chi connectivity index (χ4n) is 1.33. The highest BCUT2D eigenvalue weighted by molar-refractivity contribution is 6.29. The zero-order chi connectivity index (χ0) is 15.8. The van der Waals surface area contributed by atoms with E-state index in [0.29, 0.717) is 11.3 Å². The molecule has 0 aliphatic rings. The summed E-state index contributed by atoms with van der Waals surface area (Å²) in [4.78, 5) is 22.4. The van der Waals surface area contributed by atoms with Crippen LogP contribution in [0.2, 0.25) is 0 Å². The molecule has 0 aliphatic carbocycles. The lowest BCUT2D eigenvalue weighted by Crippen LogP contribution is -2.32. The van der Waals surface area contributed by atoms with Gasteiger partial charge >= 0.3 is 6.09 Å². The van der Waals surface area contributed by atoms with E-state index in [1.54, 1.807) is 20.0 Å². The van der Waals surface area contributed by atoms with Crippen molar-refractivity contribution in [1.29, 1.82) is 5.26 Å². The Bertz CT molecular complexity index is 607. The predicted octanol–water partition coefficient (Wildman–Crippen LogP) is 1.25. The maximum Gasteiger partial charge on any atom is 0.414 e. The van der Waals surface area contributed by atoms with Crippen molar-refractivity contribution in [1.82, 2.24) is 5.32 Å². The first-order valence-electron chi connectivity index (χ1n) is 5.99. The van der Waals surface area contributed by atoms with Crippen molar-refractivity contribution in [2.45, 2.75) is 13.8 Å². The molecular weight excluding hydrogens is 276 g/mol. The van der Waals surface area contributed by atoms with Crippen LogP contribution in [-0.4, -0.2) is 29.9 Å². The van der Waals surface area contributed by atoms with Gasteiger partial charge in [0, 0.05) is 0 Å². The number of hydrazone groups is 1. The minimum Gasteiger partial charge on any atom is -0.508 e. The van der Waals surface area contributed by atoms with Crippen LogP contribution < -0.4 is 10.3 Å². The van der Waals surface area contributed by atoms with E-state index in [4.69, 9.17) is 5.26 Å². The number of amides is 2. The smallest absolute Gasteiger partial charge is 0.414 e. The SMILES string of the molecule is CCOC(=O)NC(=O)C=NN(C#N)c1ccc(O)c(C)c1. The number of anilines is 1. The van der Waals surface area contributed by atoms with Crippen LogP contribution in [0.25, 0.3) is 0 Å². The number of carbonyl (C=O) groups is 2. The largest absolute Gasteiger partial charge is 0.508 e. The average molecular weight is 290 g/mol. The summed E-state index contributed by atoms with van der Waals surface area (Å²) >= 11 is 0. The molecular formula is C13H14N4O4. The van der Waals surface area contributed by atoms with E-state index in [-0.39, 0.29) is 12.4 Å². The Hall–Kier alpha value is -3.08. The molecule has 0 spiro atoms. The van der Waals surface area contributed by atoms with Crippen LogP contribution in [0.1, 0.15) is 12.5 Å². The molecule has 8 nitrogen and oxygen atoms in total. The second-order valence-corrected chi connectivity index (χ2v) is 3.84. The molecule has 0 saturated carbocycles. The van der Waals surface area contributed by atoms with E-state index in [1.807, 2.05) is 5.32 Å². The van der Waals surface area contributed by atoms with Crippen molar-refractivity contribution in [2.24, 2.45) is 5.10 Å². The number of carbonyl (C=O) groups excluding carboxylic acids is 2. The van der Waals surface area contributed by atoms with Crippen LogP contribution in [0.3, 0.4) is 0 Å². The van der Waals surface area contributed by atoms with Gasteiger partial charge in [0.1, 0.15) is 12.0 Å². The number of hydrogen-bond donors (Lipinski definition) is 2. The van der Waals surface area contributed by atoms with Gasteiger partial charge in [0.05, 0.1) is 12.3 Å². The van der Waals surface area contributed by atoms with Crippen LogP contribution in [0.15, 0.2) is 23.3 Å². The molecule has 0 unspecified atom stereocenters. The second kappa shape index (κ2) is 7.49. The molecule has 0 bridgehead atoms. The number of nitriles is 1. The lowest BCUT2D eigenvalue weighted by molar-refractivity contribution is -0.113. The number of benzene rings is 1. The first-order valence-corrected chi connectivity index (χ1v) is 5.99. The number of imide groups is 1. The average Bonchev–Trinajstić information content (AvgIpc) is 2.43. The summed E-state index contributed by atoms with van der Waals surface area (Å²) in [6.45, 7) is 3.39. The van der Waals surface area contributed by atoms with Crippen LogP contribution in [-0.2, 0) is 9.53 Å². The van der Waals surface area contributed by atoms with Gasteiger partial charge in [0.25, 0.3) is 5.91 Å². The number of ether oxygens (including phenoxy) is 1. The predicted molar refractivity (Wildman–Crippen MR) is 74.6 cm³/mol. The summed E-state index contributed by atoms with van der Waals surface area (Å²) in [7, 11) is 0. The number of aromatic hydroxyl groups is 1. The molecule has 0 aromatic heterocycles. The van der Waals surface area contributed by atoms with Gasteiger partial charge in [-0.3, -0.25) is 10.1 Å². The minimum absolute atomic E-state index is 0.0840. The quantitative estimate of drug-likeness (QED) is 0.373. The third-order valence-electron chi connectivity index (χ3n) is 2.31. The van der Waals surface area contributed by atoms with Crippen LogP contribution in [0.4, 0.5) is 10.5 Å². The van der Waals surface area contributed by atoms with Crippen molar-refractivity contribution < 1.29 is 19.4 Å². The van der Waals surface area contributed by atoms with Crippen LogP contribution >= 0.6 is 0 Å². The number of nitrogens with one attached hydrogen (secondary N) is 1. The summed E-state index contributed by atoms with van der Waals surface area (Å²) in [5, 5.41) is 24.8.